The molecule has 0 spiro atoms. The summed E-state index contributed by atoms with van der Waals surface area (Å²) in [5.74, 6) is -1.17. The highest BCUT2D eigenvalue weighted by Crippen LogP contribution is 2.33. The molecule has 3 aromatic carbocycles. The van der Waals surface area contributed by atoms with E-state index in [2.05, 4.69) is 10.5 Å². The molecule has 1 atom stereocenters. The van der Waals surface area contributed by atoms with Crippen LogP contribution in [0.5, 0.6) is 0 Å². The Morgan fingerprint density at radius 2 is 1.84 bits per heavy atom. The predicted octanol–water partition coefficient (Wildman–Crippen LogP) is 4.71. The molecule has 6 heteroatoms. The van der Waals surface area contributed by atoms with Gasteiger partial charge in [0.2, 0.25) is 11.9 Å². The minimum Gasteiger partial charge on any atom is -0.380 e. The van der Waals surface area contributed by atoms with Crippen LogP contribution in [0.3, 0.4) is 0 Å². The topological polar surface area (TPSA) is 84.8 Å². The van der Waals surface area contributed by atoms with E-state index in [0.717, 1.165) is 16.3 Å². The van der Waals surface area contributed by atoms with Gasteiger partial charge in [0.15, 0.2) is 6.29 Å². The second-order valence-electron chi connectivity index (χ2n) is 8.61. The van der Waals surface area contributed by atoms with Crippen LogP contribution in [0.15, 0.2) is 65.8 Å². The first kappa shape index (κ1) is 21.4. The molecule has 0 fully saturated rings. The third kappa shape index (κ3) is 4.04. The van der Waals surface area contributed by atoms with Gasteiger partial charge < -0.3 is 10.2 Å². The van der Waals surface area contributed by atoms with E-state index in [-0.39, 0.29) is 6.42 Å². The molecule has 1 unspecified atom stereocenters. The second kappa shape index (κ2) is 8.38. The molecule has 162 valence electrons. The maximum Gasteiger partial charge on any atom is 0.291 e. The Kier molecular flexibility index (Phi) is 5.61. The van der Waals surface area contributed by atoms with Gasteiger partial charge in [-0.2, -0.15) is 0 Å². The van der Waals surface area contributed by atoms with E-state index < -0.39 is 23.2 Å². The summed E-state index contributed by atoms with van der Waals surface area (Å²) in [5.41, 5.74) is 2.94. The van der Waals surface area contributed by atoms with Crippen molar-refractivity contribution >= 4 is 40.1 Å². The number of carbonyl (C=O) groups excluding carboxylic acids is 3. The van der Waals surface area contributed by atoms with Gasteiger partial charge in [-0.05, 0) is 40.8 Å². The maximum absolute atomic E-state index is 12.8. The summed E-state index contributed by atoms with van der Waals surface area (Å²) in [7, 11) is 0. The van der Waals surface area contributed by atoms with Crippen LogP contribution in [0.2, 0.25) is 0 Å². The number of benzene rings is 3. The lowest BCUT2D eigenvalue weighted by atomic mass is 9.78. The molecule has 1 aliphatic rings. The van der Waals surface area contributed by atoms with Crippen molar-refractivity contribution in [3.63, 3.8) is 0 Å². The number of carbonyl (C=O) groups is 3. The molecule has 4 rings (SSSR count). The molecule has 1 N–H and O–H groups in total. The van der Waals surface area contributed by atoms with Crippen LogP contribution in [0.1, 0.15) is 50.0 Å². The number of hydrogen-bond donors (Lipinski definition) is 1. The highest BCUT2D eigenvalue weighted by molar-refractivity contribution is 6.40. The second-order valence-corrected chi connectivity index (χ2v) is 8.61. The normalized spacial score (nSPS) is 15.3. The zero-order valence-electron chi connectivity index (χ0n) is 18.2. The Labute approximate surface area is 186 Å². The minimum absolute atomic E-state index is 0.0688. The number of oxime groups is 1. The molecule has 0 saturated heterocycles. The summed E-state index contributed by atoms with van der Waals surface area (Å²) in [6.07, 6.45) is -0.0350. The number of rotatable bonds is 6. The van der Waals surface area contributed by atoms with E-state index in [1.54, 1.807) is 25.1 Å². The van der Waals surface area contributed by atoms with Crippen molar-refractivity contribution in [2.45, 2.75) is 38.7 Å². The standard InChI is InChI=1S/C26H24N2O4/c1-16-21-13-18(11-12-20(21)24(15-29)32-28-16)27-25(31)23(30)14-26(2,3)22-10-6-8-17-7-4-5-9-19(17)22/h4-13,15,24H,14H2,1-3H3,(H,27,31). The first-order chi connectivity index (χ1) is 15.3. The third-order valence-corrected chi connectivity index (χ3v) is 5.81. The largest absolute Gasteiger partial charge is 0.380 e. The van der Waals surface area contributed by atoms with E-state index in [0.29, 0.717) is 28.8 Å². The van der Waals surface area contributed by atoms with Gasteiger partial charge in [-0.1, -0.05) is 67.5 Å². The van der Waals surface area contributed by atoms with E-state index in [9.17, 15) is 14.4 Å². The smallest absolute Gasteiger partial charge is 0.291 e. The SMILES string of the molecule is CC1=NOC(C=O)c2ccc(NC(=O)C(=O)CC(C)(C)c3cccc4ccccc34)cc21. The van der Waals surface area contributed by atoms with Crippen molar-refractivity contribution in [2.75, 3.05) is 5.32 Å². The van der Waals surface area contributed by atoms with Crippen LogP contribution < -0.4 is 5.32 Å². The fraction of sp³-hybridized carbons (Fsp3) is 0.231. The van der Waals surface area contributed by atoms with Gasteiger partial charge >= 0.3 is 0 Å². The molecule has 1 aliphatic heterocycles. The molecule has 0 aromatic heterocycles. The van der Waals surface area contributed by atoms with Gasteiger partial charge in [-0.15, -0.1) is 0 Å². The van der Waals surface area contributed by atoms with Gasteiger partial charge in [-0.25, -0.2) is 0 Å². The number of anilines is 1. The lowest BCUT2D eigenvalue weighted by Crippen LogP contribution is -2.30. The van der Waals surface area contributed by atoms with E-state index >= 15 is 0 Å². The number of nitrogens with one attached hydrogen (secondary N) is 1. The molecule has 32 heavy (non-hydrogen) atoms. The van der Waals surface area contributed by atoms with E-state index in [1.807, 2.05) is 56.3 Å². The quantitative estimate of drug-likeness (QED) is 0.455. The highest BCUT2D eigenvalue weighted by Gasteiger charge is 2.29. The minimum atomic E-state index is -0.776. The van der Waals surface area contributed by atoms with Gasteiger partial charge in [0.1, 0.15) is 0 Å². The van der Waals surface area contributed by atoms with Crippen molar-refractivity contribution in [3.8, 4) is 0 Å². The Morgan fingerprint density at radius 1 is 1.09 bits per heavy atom. The average molecular weight is 428 g/mol. The van der Waals surface area contributed by atoms with Gasteiger partial charge in [0, 0.05) is 23.2 Å². The Morgan fingerprint density at radius 3 is 2.62 bits per heavy atom. The molecule has 0 aliphatic carbocycles. The molecule has 1 amide bonds. The van der Waals surface area contributed by atoms with Gasteiger partial charge in [-0.3, -0.25) is 14.4 Å². The first-order valence-corrected chi connectivity index (χ1v) is 10.4. The first-order valence-electron chi connectivity index (χ1n) is 10.4. The number of fused-ring (bicyclic) bond motifs is 2. The Bertz CT molecular complexity index is 1250. The lowest BCUT2D eigenvalue weighted by molar-refractivity contribution is -0.135. The fourth-order valence-electron chi connectivity index (χ4n) is 4.13. The zero-order valence-corrected chi connectivity index (χ0v) is 18.2. The average Bonchev–Trinajstić information content (AvgIpc) is 2.79. The summed E-state index contributed by atoms with van der Waals surface area (Å²) < 4.78 is 0. The zero-order chi connectivity index (χ0) is 22.9. The number of hydrogen-bond acceptors (Lipinski definition) is 5. The molecule has 3 aromatic rings. The van der Waals surface area contributed by atoms with Crippen LogP contribution in [-0.4, -0.2) is 23.7 Å². The fourth-order valence-corrected chi connectivity index (χ4v) is 4.13. The van der Waals surface area contributed by atoms with E-state index in [1.165, 1.54) is 0 Å². The van der Waals surface area contributed by atoms with Crippen molar-refractivity contribution in [1.82, 2.24) is 0 Å². The molecule has 0 bridgehead atoms. The Balaban J connectivity index is 1.52. The third-order valence-electron chi connectivity index (χ3n) is 5.81. The predicted molar refractivity (Wildman–Crippen MR) is 124 cm³/mol. The van der Waals surface area contributed by atoms with Gasteiger partial charge in [0.05, 0.1) is 5.71 Å². The Hall–Kier alpha value is -3.80. The van der Waals surface area contributed by atoms with Crippen molar-refractivity contribution < 1.29 is 19.2 Å². The number of ketones is 1. The summed E-state index contributed by atoms with van der Waals surface area (Å²) >= 11 is 0. The van der Waals surface area contributed by atoms with Crippen LogP contribution >= 0.6 is 0 Å². The monoisotopic (exact) mass is 428 g/mol. The molecular weight excluding hydrogens is 404 g/mol. The lowest BCUT2D eigenvalue weighted by Gasteiger charge is -2.26. The van der Waals surface area contributed by atoms with E-state index in [4.69, 9.17) is 4.84 Å². The number of aldehydes is 1. The van der Waals surface area contributed by atoms with Crippen LogP contribution in [-0.2, 0) is 24.6 Å². The van der Waals surface area contributed by atoms with Crippen LogP contribution in [0.4, 0.5) is 5.69 Å². The van der Waals surface area contributed by atoms with Crippen molar-refractivity contribution in [1.29, 1.82) is 0 Å². The number of Topliss-reactive ketones (excluding diaryl/α,β-unsaturated/α-hetero) is 1. The number of amides is 1. The molecule has 6 nitrogen and oxygen atoms in total. The van der Waals surface area contributed by atoms with Crippen LogP contribution in [0, 0.1) is 0 Å². The molecular formula is C26H24N2O4. The number of nitrogens with zero attached hydrogens (tertiary/aromatic N) is 1. The van der Waals surface area contributed by atoms with Crippen molar-refractivity contribution in [3.05, 3.63) is 77.4 Å². The highest BCUT2D eigenvalue weighted by atomic mass is 16.6. The van der Waals surface area contributed by atoms with Crippen molar-refractivity contribution in [2.24, 2.45) is 5.16 Å². The maximum atomic E-state index is 12.8. The summed E-state index contributed by atoms with van der Waals surface area (Å²) in [5, 5.41) is 8.75. The van der Waals surface area contributed by atoms with Crippen LogP contribution in [0.25, 0.3) is 10.8 Å². The summed E-state index contributed by atoms with van der Waals surface area (Å²) in [6, 6.07) is 19.1. The molecule has 0 saturated carbocycles. The van der Waals surface area contributed by atoms with Gasteiger partial charge in [0.25, 0.3) is 5.91 Å². The summed E-state index contributed by atoms with van der Waals surface area (Å²) in [6.45, 7) is 5.69. The molecule has 0 radical (unpaired) electrons. The summed E-state index contributed by atoms with van der Waals surface area (Å²) in [4.78, 5) is 41.8. The molecule has 1 heterocycles.